The van der Waals surface area contributed by atoms with Crippen molar-refractivity contribution in [1.29, 1.82) is 0 Å². The molecule has 2 amide bonds. The van der Waals surface area contributed by atoms with E-state index in [-0.39, 0.29) is 56.6 Å². The number of carbonyl (C=O) groups is 3. The highest BCUT2D eigenvalue weighted by Crippen LogP contribution is 2.56. The summed E-state index contributed by atoms with van der Waals surface area (Å²) < 4.78 is 49.8. The highest BCUT2D eigenvalue weighted by Gasteiger charge is 2.59. The zero-order chi connectivity index (χ0) is 40.6. The first-order valence-electron chi connectivity index (χ1n) is 18.4. The summed E-state index contributed by atoms with van der Waals surface area (Å²) in [5, 5.41) is 3.24. The predicted octanol–water partition coefficient (Wildman–Crippen LogP) is 6.95. The number of aromatic amines is 1. The summed E-state index contributed by atoms with van der Waals surface area (Å²) in [6, 6.07) is 2.35. The zero-order valence-electron chi connectivity index (χ0n) is 32.8. The van der Waals surface area contributed by atoms with Gasteiger partial charge < -0.3 is 34.0 Å². The molecule has 1 saturated heterocycles. The van der Waals surface area contributed by atoms with Crippen molar-refractivity contribution in [2.24, 2.45) is 12.5 Å². The SMILES string of the molecule is CCOC(=O)c1cn(C)c2ncc(-c3cnc4[nH]c5c(N(C)C(=O)OC(C)(C)C)cc(F)c(F)c5c4c3N3CC[C@@]4(C[C@H]4NC(=O)OC(C)(C)C)C3)cc2c1=O. The number of pyridine rings is 3. The molecule has 56 heavy (non-hydrogen) atoms. The van der Waals surface area contributed by atoms with E-state index in [0.717, 1.165) is 11.0 Å². The van der Waals surface area contributed by atoms with Crippen molar-refractivity contribution in [2.45, 2.75) is 78.6 Å². The number of anilines is 2. The van der Waals surface area contributed by atoms with Crippen LogP contribution in [0.25, 0.3) is 44.1 Å². The Morgan fingerprint density at radius 2 is 1.77 bits per heavy atom. The number of fused-ring (bicyclic) bond motifs is 4. The van der Waals surface area contributed by atoms with Crippen molar-refractivity contribution in [3.8, 4) is 11.1 Å². The van der Waals surface area contributed by atoms with E-state index in [1.807, 2.05) is 4.90 Å². The number of carbonyl (C=O) groups excluding carboxylic acids is 3. The van der Waals surface area contributed by atoms with Gasteiger partial charge in [0.1, 0.15) is 28.1 Å². The van der Waals surface area contributed by atoms with E-state index >= 15 is 8.78 Å². The van der Waals surface area contributed by atoms with Crippen molar-refractivity contribution >= 4 is 62.5 Å². The van der Waals surface area contributed by atoms with Crippen LogP contribution < -0.4 is 20.5 Å². The Balaban J connectivity index is 1.42. The van der Waals surface area contributed by atoms with Crippen LogP contribution in [0.15, 0.2) is 35.5 Å². The summed E-state index contributed by atoms with van der Waals surface area (Å²) in [5.74, 6) is -3.11. The number of rotatable bonds is 6. The number of benzene rings is 1. The second kappa shape index (κ2) is 13.4. The van der Waals surface area contributed by atoms with Gasteiger partial charge in [-0.3, -0.25) is 9.69 Å². The number of amides is 2. The van der Waals surface area contributed by atoms with E-state index in [4.69, 9.17) is 14.2 Å². The molecule has 2 aliphatic rings. The molecular weight excluding hydrogens is 728 g/mol. The molecule has 2 N–H and O–H groups in total. The minimum Gasteiger partial charge on any atom is -0.462 e. The second-order valence-corrected chi connectivity index (χ2v) is 16.6. The van der Waals surface area contributed by atoms with Crippen LogP contribution in [-0.2, 0) is 21.3 Å². The highest BCUT2D eigenvalue weighted by atomic mass is 19.2. The van der Waals surface area contributed by atoms with Gasteiger partial charge in [0.2, 0.25) is 5.43 Å². The number of hydrogen-bond acceptors (Lipinski definition) is 10. The van der Waals surface area contributed by atoms with Gasteiger partial charge in [-0.15, -0.1) is 0 Å². The number of aryl methyl sites for hydroxylation is 1. The van der Waals surface area contributed by atoms with Crippen LogP contribution in [0, 0.1) is 17.0 Å². The van der Waals surface area contributed by atoms with E-state index in [1.54, 1.807) is 78.5 Å². The van der Waals surface area contributed by atoms with Crippen LogP contribution in [-0.4, -0.2) is 81.7 Å². The summed E-state index contributed by atoms with van der Waals surface area (Å²) >= 11 is 0. The minimum atomic E-state index is -1.19. The fourth-order valence-corrected chi connectivity index (χ4v) is 7.56. The summed E-state index contributed by atoms with van der Waals surface area (Å²) in [7, 11) is 3.07. The maximum atomic E-state index is 16.3. The standard InChI is InChI=1S/C40H45F2N7O7/c1-10-54-35(51)23-18-47(8)34-21(32(23)50)13-20(16-44-34)22-17-43-33-28(31(22)49-12-11-40(19-49)15-26(40)45-36(52)55-38(2,3)4)27-29(42)24(41)14-25(30(27)46-33)48(9)37(53)56-39(5,6)7/h13-14,16-18,26H,10-12,15,19H2,1-9H3,(H,43,46)(H,45,52)/t26-,40-/m1/s1. The van der Waals surface area contributed by atoms with Gasteiger partial charge >= 0.3 is 18.2 Å². The first kappa shape index (κ1) is 38.5. The lowest BCUT2D eigenvalue weighted by atomic mass is 10.0. The van der Waals surface area contributed by atoms with E-state index < -0.39 is 46.4 Å². The van der Waals surface area contributed by atoms with Gasteiger partial charge in [0.25, 0.3) is 0 Å². The van der Waals surface area contributed by atoms with Crippen molar-refractivity contribution < 1.29 is 37.4 Å². The molecule has 5 heterocycles. The average molecular weight is 774 g/mol. The molecule has 2 fully saturated rings. The Labute approximate surface area is 321 Å². The van der Waals surface area contributed by atoms with Crippen molar-refractivity contribution in [3.05, 3.63) is 58.1 Å². The lowest BCUT2D eigenvalue weighted by Crippen LogP contribution is -2.36. The minimum absolute atomic E-state index is 0.0303. The number of ether oxygens (including phenoxy) is 3. The zero-order valence-corrected chi connectivity index (χ0v) is 32.8. The van der Waals surface area contributed by atoms with Gasteiger partial charge in [-0.05, 0) is 67.4 Å². The molecule has 296 valence electrons. The Bertz CT molecular complexity index is 2520. The van der Waals surface area contributed by atoms with Crippen LogP contribution in [0.2, 0.25) is 0 Å². The summed E-state index contributed by atoms with van der Waals surface area (Å²) in [6.45, 7) is 13.1. The molecule has 1 aliphatic heterocycles. The second-order valence-electron chi connectivity index (χ2n) is 16.6. The number of H-pyrrole nitrogens is 1. The fraction of sp³-hybridized carbons (Fsp3) is 0.450. The first-order chi connectivity index (χ1) is 26.2. The van der Waals surface area contributed by atoms with E-state index in [0.29, 0.717) is 48.4 Å². The molecular formula is C40H45F2N7O7. The highest BCUT2D eigenvalue weighted by molar-refractivity contribution is 6.19. The molecule has 16 heteroatoms. The smallest absolute Gasteiger partial charge is 0.414 e. The van der Waals surface area contributed by atoms with Crippen LogP contribution in [0.5, 0.6) is 0 Å². The summed E-state index contributed by atoms with van der Waals surface area (Å²) in [4.78, 5) is 68.0. The molecule has 0 radical (unpaired) electrons. The van der Waals surface area contributed by atoms with Gasteiger partial charge in [-0.2, -0.15) is 0 Å². The molecule has 7 rings (SSSR count). The summed E-state index contributed by atoms with van der Waals surface area (Å²) in [6.07, 6.45) is 4.55. The molecule has 5 aromatic rings. The molecule has 0 unspecified atom stereocenters. The van der Waals surface area contributed by atoms with E-state index in [9.17, 15) is 19.2 Å². The monoisotopic (exact) mass is 773 g/mol. The average Bonchev–Trinajstić information content (AvgIpc) is 3.39. The molecule has 4 aromatic heterocycles. The number of nitrogens with one attached hydrogen (secondary N) is 2. The van der Waals surface area contributed by atoms with Crippen molar-refractivity contribution in [1.82, 2.24) is 24.8 Å². The largest absolute Gasteiger partial charge is 0.462 e. The van der Waals surface area contributed by atoms with Crippen LogP contribution in [0.4, 0.5) is 29.7 Å². The van der Waals surface area contributed by atoms with Gasteiger partial charge in [-0.25, -0.2) is 33.1 Å². The molecule has 2 atom stereocenters. The number of hydrogen-bond donors (Lipinski definition) is 2. The Morgan fingerprint density at radius 3 is 2.45 bits per heavy atom. The number of halogens is 2. The maximum absolute atomic E-state index is 16.3. The summed E-state index contributed by atoms with van der Waals surface area (Å²) in [5.41, 5.74) is -0.557. The number of aromatic nitrogens is 4. The topological polar surface area (TPSA) is 161 Å². The molecule has 1 aromatic carbocycles. The third kappa shape index (κ3) is 6.85. The fourth-order valence-electron chi connectivity index (χ4n) is 7.56. The Morgan fingerprint density at radius 1 is 1.05 bits per heavy atom. The maximum Gasteiger partial charge on any atom is 0.414 e. The number of esters is 1. The van der Waals surface area contributed by atoms with Crippen LogP contribution in [0.1, 0.15) is 71.7 Å². The molecule has 0 bridgehead atoms. The van der Waals surface area contributed by atoms with Gasteiger partial charge in [0, 0.05) is 74.4 Å². The molecule has 1 saturated carbocycles. The Kier molecular flexibility index (Phi) is 9.24. The van der Waals surface area contributed by atoms with E-state index in [2.05, 4.69) is 20.3 Å². The third-order valence-corrected chi connectivity index (χ3v) is 10.2. The van der Waals surface area contributed by atoms with Crippen LogP contribution >= 0.6 is 0 Å². The van der Waals surface area contributed by atoms with Gasteiger partial charge in [-0.1, -0.05) is 0 Å². The van der Waals surface area contributed by atoms with Crippen molar-refractivity contribution in [2.75, 3.05) is 36.5 Å². The molecule has 1 spiro atoms. The lowest BCUT2D eigenvalue weighted by Gasteiger charge is -2.25. The Hall–Kier alpha value is -5.80. The molecule has 1 aliphatic carbocycles. The lowest BCUT2D eigenvalue weighted by molar-refractivity contribution is 0.0509. The van der Waals surface area contributed by atoms with Gasteiger partial charge in [0.05, 0.1) is 39.7 Å². The number of alkyl carbamates (subject to hydrolysis) is 1. The number of nitrogens with zero attached hydrogens (tertiary/aromatic N) is 5. The molecule has 14 nitrogen and oxygen atoms in total. The quantitative estimate of drug-likeness (QED) is 0.137. The predicted molar refractivity (Wildman–Crippen MR) is 207 cm³/mol. The first-order valence-corrected chi connectivity index (χ1v) is 18.4. The van der Waals surface area contributed by atoms with Crippen LogP contribution in [0.3, 0.4) is 0 Å². The van der Waals surface area contributed by atoms with Gasteiger partial charge in [0.15, 0.2) is 11.6 Å². The van der Waals surface area contributed by atoms with E-state index in [1.165, 1.54) is 13.2 Å². The normalized spacial score (nSPS) is 18.2. The third-order valence-electron chi connectivity index (χ3n) is 10.2. The van der Waals surface area contributed by atoms with Crippen molar-refractivity contribution in [3.63, 3.8) is 0 Å².